The minimum absolute atomic E-state index is 0.0470. The third-order valence-corrected chi connectivity index (χ3v) is 6.79. The van der Waals surface area contributed by atoms with E-state index < -0.39 is 0 Å². The molecule has 7 nitrogen and oxygen atoms in total. The highest BCUT2D eigenvalue weighted by atomic mass is 32.2. The molecule has 2 saturated heterocycles. The standard InChI is InChI=1S/C22H25N3O4S/c26-22(17-3-5-23-21(12-17)29-18-4-10-30-14-18)25-8-6-24(7-9-25)13-16-1-2-19-20(11-16)28-15-27-19/h1-3,5,11-12,18H,4,6-10,13-15H2. The van der Waals surface area contributed by atoms with E-state index >= 15 is 0 Å². The Labute approximate surface area is 180 Å². The minimum Gasteiger partial charge on any atom is -0.473 e. The highest BCUT2D eigenvalue weighted by Crippen LogP contribution is 2.33. The Bertz CT molecular complexity index is 911. The lowest BCUT2D eigenvalue weighted by Gasteiger charge is -2.34. The van der Waals surface area contributed by atoms with Crippen LogP contribution in [0.5, 0.6) is 17.4 Å². The summed E-state index contributed by atoms with van der Waals surface area (Å²) in [5, 5.41) is 0. The lowest BCUT2D eigenvalue weighted by molar-refractivity contribution is 0.0627. The van der Waals surface area contributed by atoms with Gasteiger partial charge in [-0.2, -0.15) is 11.8 Å². The smallest absolute Gasteiger partial charge is 0.254 e. The summed E-state index contributed by atoms with van der Waals surface area (Å²) in [6, 6.07) is 9.64. The largest absolute Gasteiger partial charge is 0.473 e. The zero-order chi connectivity index (χ0) is 20.3. The summed E-state index contributed by atoms with van der Waals surface area (Å²) < 4.78 is 16.8. The number of benzene rings is 1. The van der Waals surface area contributed by atoms with Gasteiger partial charge >= 0.3 is 0 Å². The summed E-state index contributed by atoms with van der Waals surface area (Å²) in [7, 11) is 0. The maximum atomic E-state index is 13.0. The van der Waals surface area contributed by atoms with Crippen LogP contribution in [0.15, 0.2) is 36.5 Å². The molecule has 1 atom stereocenters. The Hall–Kier alpha value is -2.45. The molecule has 2 aromatic rings. The van der Waals surface area contributed by atoms with Crippen LogP contribution in [0.1, 0.15) is 22.3 Å². The molecule has 1 aromatic carbocycles. The van der Waals surface area contributed by atoms with Gasteiger partial charge in [0.15, 0.2) is 11.5 Å². The molecule has 0 spiro atoms. The lowest BCUT2D eigenvalue weighted by atomic mass is 10.1. The fraction of sp³-hybridized carbons (Fsp3) is 0.455. The Morgan fingerprint density at radius 3 is 2.83 bits per heavy atom. The van der Waals surface area contributed by atoms with E-state index in [2.05, 4.69) is 16.0 Å². The van der Waals surface area contributed by atoms with Crippen LogP contribution in [-0.2, 0) is 6.54 Å². The highest BCUT2D eigenvalue weighted by Gasteiger charge is 2.24. The SMILES string of the molecule is O=C(c1ccnc(OC2CCSC2)c1)N1CCN(Cc2ccc3c(c2)OCO3)CC1. The summed E-state index contributed by atoms with van der Waals surface area (Å²) in [4.78, 5) is 21.5. The normalized spacial score (nSPS) is 21.1. The Morgan fingerprint density at radius 2 is 2.00 bits per heavy atom. The van der Waals surface area contributed by atoms with Gasteiger partial charge in [0.05, 0.1) is 0 Å². The van der Waals surface area contributed by atoms with Gasteiger partial charge in [-0.3, -0.25) is 9.69 Å². The molecule has 8 heteroatoms. The minimum atomic E-state index is 0.0470. The van der Waals surface area contributed by atoms with E-state index in [9.17, 15) is 4.79 Å². The quantitative estimate of drug-likeness (QED) is 0.727. The number of hydrogen-bond acceptors (Lipinski definition) is 7. The van der Waals surface area contributed by atoms with E-state index in [0.29, 0.717) is 31.3 Å². The van der Waals surface area contributed by atoms with Crippen molar-refractivity contribution in [3.63, 3.8) is 0 Å². The number of nitrogens with zero attached hydrogens (tertiary/aromatic N) is 3. The number of carbonyl (C=O) groups excluding carboxylic acids is 1. The number of ether oxygens (including phenoxy) is 3. The van der Waals surface area contributed by atoms with Crippen molar-refractivity contribution in [2.24, 2.45) is 0 Å². The van der Waals surface area contributed by atoms with Crippen molar-refractivity contribution in [3.8, 4) is 17.4 Å². The van der Waals surface area contributed by atoms with Gasteiger partial charge in [0.25, 0.3) is 5.91 Å². The third kappa shape index (κ3) is 4.34. The Morgan fingerprint density at radius 1 is 1.13 bits per heavy atom. The van der Waals surface area contributed by atoms with E-state index in [0.717, 1.165) is 49.1 Å². The van der Waals surface area contributed by atoms with E-state index in [1.54, 1.807) is 18.3 Å². The van der Waals surface area contributed by atoms with E-state index in [-0.39, 0.29) is 12.0 Å². The number of pyridine rings is 1. The van der Waals surface area contributed by atoms with Crippen LogP contribution in [0.4, 0.5) is 0 Å². The van der Waals surface area contributed by atoms with Crippen molar-refractivity contribution in [2.75, 3.05) is 44.5 Å². The lowest BCUT2D eigenvalue weighted by Crippen LogP contribution is -2.48. The first-order chi connectivity index (χ1) is 14.7. The monoisotopic (exact) mass is 427 g/mol. The second-order valence-electron chi connectivity index (χ2n) is 7.74. The number of fused-ring (bicyclic) bond motifs is 1. The zero-order valence-corrected chi connectivity index (χ0v) is 17.6. The fourth-order valence-corrected chi connectivity index (χ4v) is 5.07. The average molecular weight is 428 g/mol. The fourth-order valence-electron chi connectivity index (χ4n) is 3.97. The molecule has 5 rings (SSSR count). The van der Waals surface area contributed by atoms with E-state index in [1.165, 1.54) is 5.56 Å². The molecule has 30 heavy (non-hydrogen) atoms. The number of hydrogen-bond donors (Lipinski definition) is 0. The predicted molar refractivity (Wildman–Crippen MR) is 114 cm³/mol. The van der Waals surface area contributed by atoms with E-state index in [4.69, 9.17) is 14.2 Å². The maximum absolute atomic E-state index is 13.0. The van der Waals surface area contributed by atoms with E-state index in [1.807, 2.05) is 28.8 Å². The molecule has 2 fully saturated rings. The first-order valence-corrected chi connectivity index (χ1v) is 11.5. The van der Waals surface area contributed by atoms with Crippen LogP contribution >= 0.6 is 11.8 Å². The van der Waals surface area contributed by atoms with Crippen LogP contribution in [-0.4, -0.2) is 71.3 Å². The van der Waals surface area contributed by atoms with Crippen LogP contribution in [0.3, 0.4) is 0 Å². The van der Waals surface area contributed by atoms with Crippen LogP contribution in [0.2, 0.25) is 0 Å². The Balaban J connectivity index is 1.16. The van der Waals surface area contributed by atoms with Crippen molar-refractivity contribution in [3.05, 3.63) is 47.7 Å². The summed E-state index contributed by atoms with van der Waals surface area (Å²) >= 11 is 1.90. The second kappa shape index (κ2) is 8.73. The topological polar surface area (TPSA) is 64.1 Å². The number of rotatable bonds is 5. The molecule has 4 heterocycles. The van der Waals surface area contributed by atoms with Crippen LogP contribution in [0, 0.1) is 0 Å². The summed E-state index contributed by atoms with van der Waals surface area (Å²) in [6.07, 6.45) is 2.91. The van der Waals surface area contributed by atoms with Gasteiger partial charge in [-0.05, 0) is 35.9 Å². The highest BCUT2D eigenvalue weighted by molar-refractivity contribution is 7.99. The van der Waals surface area contributed by atoms with Crippen LogP contribution < -0.4 is 14.2 Å². The van der Waals surface area contributed by atoms with Gasteiger partial charge in [0.2, 0.25) is 12.7 Å². The van der Waals surface area contributed by atoms with Crippen molar-refractivity contribution >= 4 is 17.7 Å². The number of amides is 1. The molecule has 0 radical (unpaired) electrons. The first kappa shape index (κ1) is 19.5. The van der Waals surface area contributed by atoms with Crippen molar-refractivity contribution in [1.82, 2.24) is 14.8 Å². The number of carbonyl (C=O) groups is 1. The summed E-state index contributed by atoms with van der Waals surface area (Å²) in [5.41, 5.74) is 1.84. The molecule has 158 valence electrons. The Kier molecular flexibility index (Phi) is 5.68. The molecule has 3 aliphatic rings. The molecular weight excluding hydrogens is 402 g/mol. The first-order valence-electron chi connectivity index (χ1n) is 10.4. The molecule has 0 saturated carbocycles. The summed E-state index contributed by atoms with van der Waals surface area (Å²) in [6.45, 7) is 4.23. The van der Waals surface area contributed by atoms with Crippen LogP contribution in [0.25, 0.3) is 0 Å². The number of thioether (sulfide) groups is 1. The second-order valence-corrected chi connectivity index (χ2v) is 8.89. The zero-order valence-electron chi connectivity index (χ0n) is 16.8. The summed E-state index contributed by atoms with van der Waals surface area (Å²) in [5.74, 6) is 4.33. The van der Waals surface area contributed by atoms with Gasteiger partial charge in [-0.1, -0.05) is 6.07 Å². The van der Waals surface area contributed by atoms with Gasteiger partial charge in [-0.25, -0.2) is 4.98 Å². The van der Waals surface area contributed by atoms with Gasteiger partial charge in [0, 0.05) is 56.3 Å². The molecule has 1 amide bonds. The predicted octanol–water partition coefficient (Wildman–Crippen LogP) is 2.65. The number of piperazine rings is 1. The van der Waals surface area contributed by atoms with Gasteiger partial charge in [-0.15, -0.1) is 0 Å². The van der Waals surface area contributed by atoms with Crippen molar-refractivity contribution < 1.29 is 19.0 Å². The molecule has 0 aliphatic carbocycles. The number of aromatic nitrogens is 1. The van der Waals surface area contributed by atoms with Gasteiger partial charge in [0.1, 0.15) is 6.10 Å². The molecule has 3 aliphatic heterocycles. The molecule has 1 aromatic heterocycles. The average Bonchev–Trinajstić information content (AvgIpc) is 3.45. The maximum Gasteiger partial charge on any atom is 0.254 e. The molecular formula is C22H25N3O4S. The van der Waals surface area contributed by atoms with Crippen molar-refractivity contribution in [2.45, 2.75) is 19.1 Å². The third-order valence-electron chi connectivity index (χ3n) is 5.66. The molecule has 0 N–H and O–H groups in total. The molecule has 1 unspecified atom stereocenters. The van der Waals surface area contributed by atoms with Gasteiger partial charge < -0.3 is 19.1 Å². The molecule has 0 bridgehead atoms. The van der Waals surface area contributed by atoms with Crippen molar-refractivity contribution in [1.29, 1.82) is 0 Å².